The third kappa shape index (κ3) is 3.86. The van der Waals surface area contributed by atoms with Gasteiger partial charge in [0.2, 0.25) is 0 Å². The standard InChI is InChI=1S/C16H19FN2O4/c17-11-3-5-12(6-4-11)19-15(21)14(20)18-9-13-10-22-16(23-13)7-1-2-8-16/h3-6,13H,1-2,7-10H2,(H,18,20)(H,19,21). The first kappa shape index (κ1) is 15.9. The highest BCUT2D eigenvalue weighted by Crippen LogP contribution is 2.38. The Kier molecular flexibility index (Phi) is 4.58. The molecule has 0 aromatic heterocycles. The number of hydrogen-bond acceptors (Lipinski definition) is 4. The molecule has 23 heavy (non-hydrogen) atoms. The number of anilines is 1. The van der Waals surface area contributed by atoms with Crippen LogP contribution in [0.1, 0.15) is 25.7 Å². The second-order valence-electron chi connectivity index (χ2n) is 5.84. The molecule has 1 aliphatic carbocycles. The summed E-state index contributed by atoms with van der Waals surface area (Å²) in [7, 11) is 0. The lowest BCUT2D eigenvalue weighted by Gasteiger charge is -2.21. The van der Waals surface area contributed by atoms with Gasteiger partial charge in [0.05, 0.1) is 6.61 Å². The van der Waals surface area contributed by atoms with Gasteiger partial charge >= 0.3 is 11.8 Å². The molecule has 1 saturated carbocycles. The Morgan fingerprint density at radius 1 is 1.17 bits per heavy atom. The van der Waals surface area contributed by atoms with E-state index in [1.165, 1.54) is 24.3 Å². The zero-order chi connectivity index (χ0) is 16.3. The fraction of sp³-hybridized carbons (Fsp3) is 0.500. The average Bonchev–Trinajstić information content (AvgIpc) is 3.17. The van der Waals surface area contributed by atoms with Crippen LogP contribution in [0.3, 0.4) is 0 Å². The molecule has 2 fully saturated rings. The SMILES string of the molecule is O=C(NCC1COC2(CCCC2)O1)C(=O)Nc1ccc(F)cc1. The molecule has 1 spiro atoms. The smallest absolute Gasteiger partial charge is 0.313 e. The first-order chi connectivity index (χ1) is 11.1. The highest BCUT2D eigenvalue weighted by Gasteiger charge is 2.43. The van der Waals surface area contributed by atoms with Gasteiger partial charge in [-0.05, 0) is 37.1 Å². The van der Waals surface area contributed by atoms with Crippen molar-refractivity contribution in [1.82, 2.24) is 5.32 Å². The zero-order valence-corrected chi connectivity index (χ0v) is 12.6. The monoisotopic (exact) mass is 322 g/mol. The van der Waals surface area contributed by atoms with E-state index in [0.717, 1.165) is 25.7 Å². The molecule has 2 amide bonds. The Bertz CT molecular complexity index is 584. The van der Waals surface area contributed by atoms with E-state index in [2.05, 4.69) is 10.6 Å². The van der Waals surface area contributed by atoms with Gasteiger partial charge in [-0.15, -0.1) is 0 Å². The number of ether oxygens (including phenoxy) is 2. The Morgan fingerprint density at radius 3 is 2.57 bits per heavy atom. The van der Waals surface area contributed by atoms with Crippen LogP contribution in [0.4, 0.5) is 10.1 Å². The highest BCUT2D eigenvalue weighted by atomic mass is 19.1. The molecular formula is C16H19FN2O4. The van der Waals surface area contributed by atoms with Crippen LogP contribution in [0, 0.1) is 5.82 Å². The molecule has 1 aromatic carbocycles. The van der Waals surface area contributed by atoms with E-state index in [1.54, 1.807) is 0 Å². The van der Waals surface area contributed by atoms with Gasteiger partial charge in [0.15, 0.2) is 5.79 Å². The summed E-state index contributed by atoms with van der Waals surface area (Å²) < 4.78 is 24.3. The van der Waals surface area contributed by atoms with E-state index in [0.29, 0.717) is 12.3 Å². The number of carbonyl (C=O) groups is 2. The molecule has 1 aliphatic heterocycles. The van der Waals surface area contributed by atoms with E-state index in [-0.39, 0.29) is 12.6 Å². The second kappa shape index (κ2) is 6.64. The van der Waals surface area contributed by atoms with Crippen molar-refractivity contribution in [2.45, 2.75) is 37.6 Å². The minimum absolute atomic E-state index is 0.220. The van der Waals surface area contributed by atoms with Crippen molar-refractivity contribution in [3.05, 3.63) is 30.1 Å². The lowest BCUT2D eigenvalue weighted by molar-refractivity contribution is -0.161. The van der Waals surface area contributed by atoms with Crippen molar-refractivity contribution in [1.29, 1.82) is 0 Å². The van der Waals surface area contributed by atoms with Crippen molar-refractivity contribution in [2.75, 3.05) is 18.5 Å². The molecule has 2 N–H and O–H groups in total. The fourth-order valence-corrected chi connectivity index (χ4v) is 2.90. The Labute approximate surface area is 133 Å². The maximum Gasteiger partial charge on any atom is 0.313 e. The van der Waals surface area contributed by atoms with E-state index >= 15 is 0 Å². The van der Waals surface area contributed by atoms with Gasteiger partial charge < -0.3 is 20.1 Å². The summed E-state index contributed by atoms with van der Waals surface area (Å²) in [5.41, 5.74) is 0.358. The number of rotatable bonds is 3. The van der Waals surface area contributed by atoms with Crippen molar-refractivity contribution in [3.8, 4) is 0 Å². The van der Waals surface area contributed by atoms with E-state index in [4.69, 9.17) is 9.47 Å². The summed E-state index contributed by atoms with van der Waals surface area (Å²) in [5, 5.41) is 4.94. The summed E-state index contributed by atoms with van der Waals surface area (Å²) in [6, 6.07) is 5.19. The summed E-state index contributed by atoms with van der Waals surface area (Å²) in [4.78, 5) is 23.6. The number of carbonyl (C=O) groups excluding carboxylic acids is 2. The summed E-state index contributed by atoms with van der Waals surface area (Å²) >= 11 is 0. The van der Waals surface area contributed by atoms with Crippen molar-refractivity contribution < 1.29 is 23.5 Å². The molecule has 3 rings (SSSR count). The number of hydrogen-bond donors (Lipinski definition) is 2. The van der Waals surface area contributed by atoms with Crippen LogP contribution in [-0.4, -0.2) is 36.9 Å². The Balaban J connectivity index is 1.44. The van der Waals surface area contributed by atoms with Gasteiger partial charge in [0, 0.05) is 25.1 Å². The van der Waals surface area contributed by atoms with Gasteiger partial charge in [0.25, 0.3) is 0 Å². The van der Waals surface area contributed by atoms with Crippen LogP contribution in [0.5, 0.6) is 0 Å². The van der Waals surface area contributed by atoms with Crippen LogP contribution in [0.2, 0.25) is 0 Å². The van der Waals surface area contributed by atoms with Gasteiger partial charge in [-0.2, -0.15) is 0 Å². The Hall–Kier alpha value is -1.99. The van der Waals surface area contributed by atoms with Gasteiger partial charge in [0.1, 0.15) is 11.9 Å². The van der Waals surface area contributed by atoms with Crippen LogP contribution in [-0.2, 0) is 19.1 Å². The first-order valence-electron chi connectivity index (χ1n) is 7.73. The maximum atomic E-state index is 12.8. The number of benzene rings is 1. The lowest BCUT2D eigenvalue weighted by atomic mass is 10.2. The quantitative estimate of drug-likeness (QED) is 0.828. The highest BCUT2D eigenvalue weighted by molar-refractivity contribution is 6.39. The average molecular weight is 322 g/mol. The normalized spacial score (nSPS) is 22.2. The van der Waals surface area contributed by atoms with E-state index in [1.807, 2.05) is 0 Å². The lowest BCUT2D eigenvalue weighted by Crippen LogP contribution is -2.40. The molecule has 1 heterocycles. The fourth-order valence-electron chi connectivity index (χ4n) is 2.90. The zero-order valence-electron chi connectivity index (χ0n) is 12.6. The third-order valence-electron chi connectivity index (χ3n) is 4.08. The maximum absolute atomic E-state index is 12.8. The van der Waals surface area contributed by atoms with Crippen LogP contribution in [0.15, 0.2) is 24.3 Å². The molecule has 1 atom stereocenters. The van der Waals surface area contributed by atoms with Crippen molar-refractivity contribution in [2.24, 2.45) is 0 Å². The minimum Gasteiger partial charge on any atom is -0.347 e. The molecule has 1 unspecified atom stereocenters. The number of amides is 2. The number of nitrogens with one attached hydrogen (secondary N) is 2. The molecule has 6 nitrogen and oxygen atoms in total. The summed E-state index contributed by atoms with van der Waals surface area (Å²) in [6.07, 6.45) is 3.68. The first-order valence-corrected chi connectivity index (χ1v) is 7.73. The van der Waals surface area contributed by atoms with Crippen molar-refractivity contribution in [3.63, 3.8) is 0 Å². The molecule has 1 saturated heterocycles. The molecule has 124 valence electrons. The Morgan fingerprint density at radius 2 is 1.87 bits per heavy atom. The minimum atomic E-state index is -0.800. The van der Waals surface area contributed by atoms with Gasteiger partial charge in [-0.1, -0.05) is 0 Å². The largest absolute Gasteiger partial charge is 0.347 e. The van der Waals surface area contributed by atoms with Gasteiger partial charge in [-0.25, -0.2) is 4.39 Å². The summed E-state index contributed by atoms with van der Waals surface area (Å²) in [6.45, 7) is 0.636. The van der Waals surface area contributed by atoms with Crippen LogP contribution in [0.25, 0.3) is 0 Å². The number of halogens is 1. The summed E-state index contributed by atoms with van der Waals surface area (Å²) in [5.74, 6) is -2.45. The molecule has 0 radical (unpaired) electrons. The molecule has 0 bridgehead atoms. The molecule has 2 aliphatic rings. The van der Waals surface area contributed by atoms with E-state index in [9.17, 15) is 14.0 Å². The van der Waals surface area contributed by atoms with Gasteiger partial charge in [-0.3, -0.25) is 9.59 Å². The molecule has 1 aromatic rings. The van der Waals surface area contributed by atoms with Crippen molar-refractivity contribution >= 4 is 17.5 Å². The molecule has 7 heteroatoms. The van der Waals surface area contributed by atoms with Crippen LogP contribution >= 0.6 is 0 Å². The van der Waals surface area contributed by atoms with E-state index < -0.39 is 23.4 Å². The third-order valence-corrected chi connectivity index (χ3v) is 4.08. The second-order valence-corrected chi connectivity index (χ2v) is 5.84. The van der Waals surface area contributed by atoms with Crippen LogP contribution < -0.4 is 10.6 Å². The predicted octanol–water partition coefficient (Wildman–Crippen LogP) is 1.57. The predicted molar refractivity (Wildman–Crippen MR) is 80.1 cm³/mol. The molecular weight excluding hydrogens is 303 g/mol. The topological polar surface area (TPSA) is 76.7 Å².